The zero-order chi connectivity index (χ0) is 17.4. The summed E-state index contributed by atoms with van der Waals surface area (Å²) in [5, 5.41) is 2.98. The van der Waals surface area contributed by atoms with Crippen molar-refractivity contribution in [2.24, 2.45) is 10.7 Å². The summed E-state index contributed by atoms with van der Waals surface area (Å²) in [7, 11) is 0. The molecule has 24 heavy (non-hydrogen) atoms. The van der Waals surface area contributed by atoms with Gasteiger partial charge in [-0.25, -0.2) is 9.98 Å². The molecule has 0 aliphatic heterocycles. The molecule has 1 heterocycles. The lowest BCUT2D eigenvalue weighted by Crippen LogP contribution is -2.31. The van der Waals surface area contributed by atoms with Crippen LogP contribution in [0.2, 0.25) is 0 Å². The third-order valence-corrected chi connectivity index (χ3v) is 2.93. The summed E-state index contributed by atoms with van der Waals surface area (Å²) in [4.78, 5) is 7.95. The second kappa shape index (κ2) is 8.19. The Morgan fingerprint density at radius 2 is 1.88 bits per heavy atom. The van der Waals surface area contributed by atoms with E-state index in [1.165, 1.54) is 12.3 Å². The summed E-state index contributed by atoms with van der Waals surface area (Å²) in [5.41, 5.74) is 7.54. The van der Waals surface area contributed by atoms with Gasteiger partial charge in [0.05, 0.1) is 6.54 Å². The number of guanidine groups is 1. The summed E-state index contributed by atoms with van der Waals surface area (Å²) in [6.07, 6.45) is -2.98. The number of aromatic nitrogens is 1. The van der Waals surface area contributed by atoms with E-state index < -0.39 is 12.8 Å². The normalized spacial score (nSPS) is 12.0. The van der Waals surface area contributed by atoms with Crippen LogP contribution < -0.4 is 15.8 Å². The SMILES string of the molecule is NC(=NCc1ccc(OCC(F)(F)F)nc1)NCc1ccccc1. The number of nitrogens with two attached hydrogens (primary N) is 1. The number of nitrogens with one attached hydrogen (secondary N) is 1. The first-order valence-corrected chi connectivity index (χ1v) is 7.14. The largest absolute Gasteiger partial charge is 0.468 e. The predicted molar refractivity (Wildman–Crippen MR) is 84.4 cm³/mol. The van der Waals surface area contributed by atoms with Crippen molar-refractivity contribution in [1.29, 1.82) is 0 Å². The molecule has 1 aromatic heterocycles. The highest BCUT2D eigenvalue weighted by Gasteiger charge is 2.28. The molecule has 0 aliphatic carbocycles. The Morgan fingerprint density at radius 1 is 1.12 bits per heavy atom. The van der Waals surface area contributed by atoms with E-state index in [0.717, 1.165) is 5.56 Å². The van der Waals surface area contributed by atoms with Gasteiger partial charge in [-0.05, 0) is 11.1 Å². The Kier molecular flexibility index (Phi) is 6.00. The highest BCUT2D eigenvalue weighted by Crippen LogP contribution is 2.17. The van der Waals surface area contributed by atoms with Crippen LogP contribution in [0.1, 0.15) is 11.1 Å². The average molecular weight is 338 g/mol. The molecular weight excluding hydrogens is 321 g/mol. The quantitative estimate of drug-likeness (QED) is 0.627. The number of halogens is 3. The fourth-order valence-electron chi connectivity index (χ4n) is 1.77. The van der Waals surface area contributed by atoms with E-state index in [2.05, 4.69) is 20.0 Å². The van der Waals surface area contributed by atoms with Gasteiger partial charge in [-0.3, -0.25) is 0 Å². The van der Waals surface area contributed by atoms with E-state index in [-0.39, 0.29) is 18.4 Å². The van der Waals surface area contributed by atoms with Gasteiger partial charge in [0.2, 0.25) is 5.88 Å². The molecule has 0 spiro atoms. The molecule has 0 unspecified atom stereocenters. The number of ether oxygens (including phenoxy) is 1. The molecule has 0 bridgehead atoms. The van der Waals surface area contributed by atoms with Crippen molar-refractivity contribution in [3.05, 3.63) is 59.8 Å². The summed E-state index contributed by atoms with van der Waals surface area (Å²) < 4.78 is 40.6. The minimum atomic E-state index is -4.39. The average Bonchev–Trinajstić information content (AvgIpc) is 2.57. The van der Waals surface area contributed by atoms with Crippen molar-refractivity contribution >= 4 is 5.96 Å². The molecule has 8 heteroatoms. The van der Waals surface area contributed by atoms with Gasteiger partial charge in [0.25, 0.3) is 0 Å². The second-order valence-corrected chi connectivity index (χ2v) is 4.95. The molecule has 128 valence electrons. The van der Waals surface area contributed by atoms with Gasteiger partial charge in [0, 0.05) is 18.8 Å². The number of alkyl halides is 3. The lowest BCUT2D eigenvalue weighted by atomic mass is 10.2. The van der Waals surface area contributed by atoms with Crippen molar-refractivity contribution in [2.45, 2.75) is 19.3 Å². The van der Waals surface area contributed by atoms with E-state index in [1.807, 2.05) is 30.3 Å². The fraction of sp³-hybridized carbons (Fsp3) is 0.250. The zero-order valence-corrected chi connectivity index (χ0v) is 12.8. The number of pyridine rings is 1. The smallest absolute Gasteiger partial charge is 0.422 e. The zero-order valence-electron chi connectivity index (χ0n) is 12.8. The lowest BCUT2D eigenvalue weighted by Gasteiger charge is -2.08. The van der Waals surface area contributed by atoms with Crippen LogP contribution in [0.5, 0.6) is 5.88 Å². The van der Waals surface area contributed by atoms with E-state index >= 15 is 0 Å². The van der Waals surface area contributed by atoms with Gasteiger partial charge in [-0.15, -0.1) is 0 Å². The summed E-state index contributed by atoms with van der Waals surface area (Å²) in [6, 6.07) is 12.7. The summed E-state index contributed by atoms with van der Waals surface area (Å²) >= 11 is 0. The molecule has 0 amide bonds. The molecule has 0 radical (unpaired) electrons. The molecule has 5 nitrogen and oxygen atoms in total. The van der Waals surface area contributed by atoms with Crippen molar-refractivity contribution in [1.82, 2.24) is 10.3 Å². The minimum Gasteiger partial charge on any atom is -0.468 e. The number of nitrogens with zero attached hydrogens (tertiary/aromatic N) is 2. The second-order valence-electron chi connectivity index (χ2n) is 4.95. The highest BCUT2D eigenvalue weighted by molar-refractivity contribution is 5.77. The van der Waals surface area contributed by atoms with Gasteiger partial charge in [-0.1, -0.05) is 36.4 Å². The number of rotatable bonds is 6. The van der Waals surface area contributed by atoms with E-state index in [4.69, 9.17) is 5.73 Å². The summed E-state index contributed by atoms with van der Waals surface area (Å²) in [6.45, 7) is -0.549. The Bertz CT molecular complexity index is 657. The van der Waals surface area contributed by atoms with Crippen LogP contribution >= 0.6 is 0 Å². The van der Waals surface area contributed by atoms with Crippen LogP contribution in [0.4, 0.5) is 13.2 Å². The standard InChI is InChI=1S/C16H17F3N4O/c17-16(18,19)11-24-14-7-6-13(9-21-14)10-23-15(20)22-8-12-4-2-1-3-5-12/h1-7,9H,8,10-11H2,(H3,20,22,23). The maximum atomic E-state index is 12.0. The minimum absolute atomic E-state index is 0.0878. The monoisotopic (exact) mass is 338 g/mol. The molecule has 0 saturated carbocycles. The van der Waals surface area contributed by atoms with Crippen LogP contribution in [0.3, 0.4) is 0 Å². The summed E-state index contributed by atoms with van der Waals surface area (Å²) in [5.74, 6) is 0.187. The predicted octanol–water partition coefficient (Wildman–Crippen LogP) is 2.63. The van der Waals surface area contributed by atoms with Crippen molar-refractivity contribution < 1.29 is 17.9 Å². The van der Waals surface area contributed by atoms with E-state index in [1.54, 1.807) is 6.07 Å². The molecule has 0 fully saturated rings. The van der Waals surface area contributed by atoms with Gasteiger partial charge in [-0.2, -0.15) is 13.2 Å². The Morgan fingerprint density at radius 3 is 2.50 bits per heavy atom. The third-order valence-electron chi connectivity index (χ3n) is 2.93. The number of benzene rings is 1. The Hall–Kier alpha value is -2.77. The van der Waals surface area contributed by atoms with Crippen LogP contribution in [0.15, 0.2) is 53.7 Å². The molecule has 0 saturated heterocycles. The van der Waals surface area contributed by atoms with Gasteiger partial charge >= 0.3 is 6.18 Å². The van der Waals surface area contributed by atoms with Crippen LogP contribution in [0.25, 0.3) is 0 Å². The molecule has 1 aromatic carbocycles. The maximum absolute atomic E-state index is 12.0. The lowest BCUT2D eigenvalue weighted by molar-refractivity contribution is -0.154. The molecule has 2 aromatic rings. The molecule has 3 N–H and O–H groups in total. The van der Waals surface area contributed by atoms with Crippen LogP contribution in [-0.4, -0.2) is 23.7 Å². The van der Waals surface area contributed by atoms with Crippen LogP contribution in [0, 0.1) is 0 Å². The molecular formula is C16H17F3N4O. The van der Waals surface area contributed by atoms with E-state index in [9.17, 15) is 13.2 Å². The first-order valence-electron chi connectivity index (χ1n) is 7.14. The van der Waals surface area contributed by atoms with Crippen molar-refractivity contribution in [3.8, 4) is 5.88 Å². The maximum Gasteiger partial charge on any atom is 0.422 e. The highest BCUT2D eigenvalue weighted by atomic mass is 19.4. The first kappa shape index (κ1) is 17.6. The number of hydrogen-bond donors (Lipinski definition) is 2. The molecule has 2 rings (SSSR count). The number of hydrogen-bond acceptors (Lipinski definition) is 3. The van der Waals surface area contributed by atoms with E-state index in [0.29, 0.717) is 12.1 Å². The van der Waals surface area contributed by atoms with Gasteiger partial charge in [0.1, 0.15) is 0 Å². The van der Waals surface area contributed by atoms with Crippen molar-refractivity contribution in [3.63, 3.8) is 0 Å². The first-order chi connectivity index (χ1) is 11.4. The van der Waals surface area contributed by atoms with Crippen LogP contribution in [-0.2, 0) is 13.1 Å². The topological polar surface area (TPSA) is 72.5 Å². The molecule has 0 atom stereocenters. The van der Waals surface area contributed by atoms with Gasteiger partial charge < -0.3 is 15.8 Å². The fourth-order valence-corrected chi connectivity index (χ4v) is 1.77. The Balaban J connectivity index is 1.80. The third kappa shape index (κ3) is 6.55. The Labute approximate surface area is 137 Å². The van der Waals surface area contributed by atoms with Crippen molar-refractivity contribution in [2.75, 3.05) is 6.61 Å². The number of aliphatic imine (C=N–C) groups is 1. The van der Waals surface area contributed by atoms with Gasteiger partial charge in [0.15, 0.2) is 12.6 Å². The molecule has 0 aliphatic rings.